The van der Waals surface area contributed by atoms with Crippen molar-refractivity contribution >= 4 is 0 Å². The number of aromatic nitrogens is 3. The predicted octanol–water partition coefficient (Wildman–Crippen LogP) is 3.29. The Bertz CT molecular complexity index is 552. The Kier molecular flexibility index (Phi) is 3.92. The molecule has 2 heterocycles. The Hall–Kier alpha value is -1.55. The Labute approximate surface area is 120 Å². The van der Waals surface area contributed by atoms with E-state index < -0.39 is 0 Å². The zero-order chi connectivity index (χ0) is 13.9. The van der Waals surface area contributed by atoms with E-state index in [0.29, 0.717) is 6.04 Å². The van der Waals surface area contributed by atoms with E-state index in [-0.39, 0.29) is 6.10 Å². The number of aliphatic hydroxyl groups excluding tert-OH is 1. The molecule has 3 rings (SSSR count). The third-order valence-corrected chi connectivity index (χ3v) is 4.25. The quantitative estimate of drug-likeness (QED) is 0.908. The minimum atomic E-state index is -0.354. The molecule has 4 nitrogen and oxygen atoms in total. The Balaban J connectivity index is 1.66. The van der Waals surface area contributed by atoms with Crippen LogP contribution in [0.2, 0.25) is 0 Å². The molecule has 0 amide bonds. The number of aliphatic hydroxyl groups is 1. The summed E-state index contributed by atoms with van der Waals surface area (Å²) in [5, 5.41) is 14.5. The number of hydrogen-bond donors (Lipinski definition) is 1. The van der Waals surface area contributed by atoms with Crippen LogP contribution in [0, 0.1) is 0 Å². The first kappa shape index (κ1) is 13.4. The summed E-state index contributed by atoms with van der Waals surface area (Å²) in [6.07, 6.45) is 11.7. The fourth-order valence-corrected chi connectivity index (χ4v) is 3.01. The van der Waals surface area contributed by atoms with Crippen molar-refractivity contribution < 1.29 is 5.11 Å². The van der Waals surface area contributed by atoms with Gasteiger partial charge in [0.1, 0.15) is 0 Å². The monoisotopic (exact) mass is 273 g/mol. The molecular weight excluding hydrogens is 250 g/mol. The van der Waals surface area contributed by atoms with E-state index >= 15 is 0 Å². The van der Waals surface area contributed by atoms with E-state index in [4.69, 9.17) is 5.10 Å². The molecule has 1 aliphatic carbocycles. The molecule has 2 aromatic rings. The fraction of sp³-hybridized carbons (Fsp3) is 0.562. The van der Waals surface area contributed by atoms with Crippen LogP contribution < -0.4 is 0 Å². The normalized spacial score (nSPS) is 17.7. The first-order chi connectivity index (χ1) is 9.76. The summed E-state index contributed by atoms with van der Waals surface area (Å²) in [4.78, 5) is 0. The van der Waals surface area contributed by atoms with Gasteiger partial charge in [0.15, 0.2) is 0 Å². The van der Waals surface area contributed by atoms with Gasteiger partial charge in [-0.05, 0) is 37.0 Å². The van der Waals surface area contributed by atoms with E-state index in [1.807, 2.05) is 25.4 Å². The molecule has 1 saturated carbocycles. The molecule has 108 valence electrons. The molecule has 20 heavy (non-hydrogen) atoms. The van der Waals surface area contributed by atoms with Crippen molar-refractivity contribution in [1.29, 1.82) is 0 Å². The highest BCUT2D eigenvalue weighted by Gasteiger charge is 2.17. The second-order valence-corrected chi connectivity index (χ2v) is 5.77. The molecule has 1 unspecified atom stereocenters. The average molecular weight is 273 g/mol. The van der Waals surface area contributed by atoms with Gasteiger partial charge in [-0.3, -0.25) is 4.68 Å². The van der Waals surface area contributed by atoms with Crippen LogP contribution in [-0.2, 0) is 6.54 Å². The van der Waals surface area contributed by atoms with Crippen LogP contribution >= 0.6 is 0 Å². The lowest BCUT2D eigenvalue weighted by molar-refractivity contribution is 0.173. The van der Waals surface area contributed by atoms with Crippen LogP contribution in [0.3, 0.4) is 0 Å². The molecule has 2 aromatic heterocycles. The van der Waals surface area contributed by atoms with Crippen molar-refractivity contribution in [2.75, 3.05) is 0 Å². The van der Waals surface area contributed by atoms with Crippen LogP contribution in [0.15, 0.2) is 30.7 Å². The second kappa shape index (κ2) is 5.83. The van der Waals surface area contributed by atoms with E-state index in [2.05, 4.69) is 21.5 Å². The Morgan fingerprint density at radius 3 is 2.85 bits per heavy atom. The van der Waals surface area contributed by atoms with Gasteiger partial charge in [0, 0.05) is 18.6 Å². The third-order valence-electron chi connectivity index (χ3n) is 4.25. The zero-order valence-electron chi connectivity index (χ0n) is 12.1. The average Bonchev–Trinajstić information content (AvgIpc) is 3.19. The van der Waals surface area contributed by atoms with Crippen LogP contribution in [0.5, 0.6) is 0 Å². The summed E-state index contributed by atoms with van der Waals surface area (Å²) in [5.74, 6) is 0. The van der Waals surface area contributed by atoms with E-state index in [1.54, 1.807) is 0 Å². The maximum Gasteiger partial charge on any atom is 0.0821 e. The van der Waals surface area contributed by atoms with Crippen molar-refractivity contribution in [3.63, 3.8) is 0 Å². The zero-order valence-corrected chi connectivity index (χ0v) is 12.1. The minimum Gasteiger partial charge on any atom is -0.388 e. The largest absolute Gasteiger partial charge is 0.388 e. The highest BCUT2D eigenvalue weighted by molar-refractivity contribution is 5.14. The van der Waals surface area contributed by atoms with Gasteiger partial charge in [0.25, 0.3) is 0 Å². The lowest BCUT2D eigenvalue weighted by Gasteiger charge is -2.09. The summed E-state index contributed by atoms with van der Waals surface area (Å²) < 4.78 is 4.23. The van der Waals surface area contributed by atoms with Crippen molar-refractivity contribution in [3.8, 4) is 0 Å². The SMILES string of the molecule is CCC(O)c1ccn(Cc2ccn(C3CCCC3)n2)c1. The van der Waals surface area contributed by atoms with Crippen molar-refractivity contribution in [2.45, 2.75) is 57.7 Å². The molecule has 1 aliphatic rings. The van der Waals surface area contributed by atoms with Gasteiger partial charge in [-0.25, -0.2) is 0 Å². The summed E-state index contributed by atoms with van der Waals surface area (Å²) in [7, 11) is 0. The highest BCUT2D eigenvalue weighted by atomic mass is 16.3. The summed E-state index contributed by atoms with van der Waals surface area (Å²) in [6.45, 7) is 2.77. The highest BCUT2D eigenvalue weighted by Crippen LogP contribution is 2.28. The molecule has 4 heteroatoms. The van der Waals surface area contributed by atoms with Crippen LogP contribution in [0.25, 0.3) is 0 Å². The Morgan fingerprint density at radius 2 is 2.10 bits per heavy atom. The summed E-state index contributed by atoms with van der Waals surface area (Å²) >= 11 is 0. The van der Waals surface area contributed by atoms with Gasteiger partial charge in [0.05, 0.1) is 24.4 Å². The van der Waals surface area contributed by atoms with E-state index in [9.17, 15) is 5.11 Å². The molecule has 0 saturated heterocycles. The lowest BCUT2D eigenvalue weighted by atomic mass is 10.1. The topological polar surface area (TPSA) is 43.0 Å². The summed E-state index contributed by atoms with van der Waals surface area (Å²) in [5.41, 5.74) is 2.08. The number of nitrogens with zero attached hydrogens (tertiary/aromatic N) is 3. The molecule has 0 bridgehead atoms. The van der Waals surface area contributed by atoms with Crippen molar-refractivity contribution in [2.24, 2.45) is 0 Å². The molecule has 0 aromatic carbocycles. The van der Waals surface area contributed by atoms with Gasteiger partial charge in [-0.15, -0.1) is 0 Å². The van der Waals surface area contributed by atoms with Gasteiger partial charge in [0.2, 0.25) is 0 Å². The molecule has 1 N–H and O–H groups in total. The van der Waals surface area contributed by atoms with Gasteiger partial charge in [-0.1, -0.05) is 19.8 Å². The van der Waals surface area contributed by atoms with Crippen LogP contribution in [-0.4, -0.2) is 19.5 Å². The van der Waals surface area contributed by atoms with Gasteiger partial charge < -0.3 is 9.67 Å². The van der Waals surface area contributed by atoms with E-state index in [1.165, 1.54) is 25.7 Å². The van der Waals surface area contributed by atoms with Gasteiger partial charge >= 0.3 is 0 Å². The molecule has 0 radical (unpaired) electrons. The first-order valence-corrected chi connectivity index (χ1v) is 7.64. The van der Waals surface area contributed by atoms with Gasteiger partial charge in [-0.2, -0.15) is 5.10 Å². The lowest BCUT2D eigenvalue weighted by Crippen LogP contribution is -2.06. The molecular formula is C16H23N3O. The third kappa shape index (κ3) is 2.80. The van der Waals surface area contributed by atoms with Crippen molar-refractivity contribution in [3.05, 3.63) is 42.0 Å². The molecule has 0 spiro atoms. The fourth-order valence-electron chi connectivity index (χ4n) is 3.01. The van der Waals surface area contributed by atoms with E-state index in [0.717, 1.165) is 24.2 Å². The van der Waals surface area contributed by atoms with Crippen LogP contribution in [0.1, 0.15) is 62.4 Å². The predicted molar refractivity (Wildman–Crippen MR) is 78.5 cm³/mol. The first-order valence-electron chi connectivity index (χ1n) is 7.64. The maximum absolute atomic E-state index is 9.82. The summed E-state index contributed by atoms with van der Waals surface area (Å²) in [6, 6.07) is 4.70. The maximum atomic E-state index is 9.82. The standard InChI is InChI=1S/C16H23N3O/c1-2-16(20)13-7-9-18(11-13)12-14-8-10-19(17-14)15-5-3-4-6-15/h7-11,15-16,20H,2-6,12H2,1H3. The van der Waals surface area contributed by atoms with Crippen LogP contribution in [0.4, 0.5) is 0 Å². The minimum absolute atomic E-state index is 0.354. The molecule has 1 atom stereocenters. The number of rotatable bonds is 5. The van der Waals surface area contributed by atoms with Crippen molar-refractivity contribution in [1.82, 2.24) is 14.3 Å². The smallest absolute Gasteiger partial charge is 0.0821 e. The second-order valence-electron chi connectivity index (χ2n) is 5.77. The Morgan fingerprint density at radius 1 is 1.30 bits per heavy atom. The molecule has 1 fully saturated rings. The number of hydrogen-bond acceptors (Lipinski definition) is 2. The molecule has 0 aliphatic heterocycles.